The molecule has 0 unspecified atom stereocenters. The summed E-state index contributed by atoms with van der Waals surface area (Å²) in [6.07, 6.45) is 6.68. The molecule has 0 aromatic carbocycles. The summed E-state index contributed by atoms with van der Waals surface area (Å²) < 4.78 is 0. The van der Waals surface area contributed by atoms with Crippen LogP contribution in [0.5, 0.6) is 0 Å². The van der Waals surface area contributed by atoms with Gasteiger partial charge in [-0.15, -0.1) is 0 Å². The fourth-order valence-electron chi connectivity index (χ4n) is 3.39. The van der Waals surface area contributed by atoms with Crippen LogP contribution in [-0.4, -0.2) is 24.2 Å². The molecule has 2 fully saturated rings. The van der Waals surface area contributed by atoms with Crippen molar-refractivity contribution >= 4 is 0 Å². The number of rotatable bonds is 1. The summed E-state index contributed by atoms with van der Waals surface area (Å²) >= 11 is 0. The third-order valence-electron chi connectivity index (χ3n) is 3.86. The Morgan fingerprint density at radius 3 is 2.15 bits per heavy atom. The topological polar surface area (TPSA) is 24.1 Å². The molecular formula is C11H22N2. The first-order chi connectivity index (χ1) is 6.05. The minimum Gasteiger partial charge on any atom is -0.317 e. The van der Waals surface area contributed by atoms with Crippen molar-refractivity contribution < 1.29 is 0 Å². The Morgan fingerprint density at radius 2 is 1.69 bits per heavy atom. The van der Waals surface area contributed by atoms with Crippen LogP contribution in [0.4, 0.5) is 0 Å². The molecule has 0 aromatic heterocycles. The molecule has 0 saturated carbocycles. The van der Waals surface area contributed by atoms with E-state index in [0.29, 0.717) is 11.1 Å². The monoisotopic (exact) mass is 182 g/mol. The van der Waals surface area contributed by atoms with E-state index in [1.807, 2.05) is 0 Å². The molecular weight excluding hydrogens is 160 g/mol. The van der Waals surface area contributed by atoms with Gasteiger partial charge in [0.15, 0.2) is 0 Å². The van der Waals surface area contributed by atoms with E-state index in [2.05, 4.69) is 31.5 Å². The first-order valence-electron chi connectivity index (χ1n) is 5.52. The van der Waals surface area contributed by atoms with Gasteiger partial charge < -0.3 is 10.6 Å². The third-order valence-corrected chi connectivity index (χ3v) is 3.86. The SMILES string of the molecule is CN[C@H]1C[C@]2(C)CCC[C@](C)(C1)N2. The largest absolute Gasteiger partial charge is 0.317 e. The zero-order chi connectivity index (χ0) is 9.53. The predicted octanol–water partition coefficient (Wildman–Crippen LogP) is 1.66. The maximum absolute atomic E-state index is 3.83. The molecule has 2 aliphatic rings. The average Bonchev–Trinajstić information content (AvgIpc) is 2.00. The molecule has 2 rings (SSSR count). The third kappa shape index (κ3) is 1.75. The summed E-state index contributed by atoms with van der Waals surface area (Å²) in [6, 6.07) is 0.719. The van der Waals surface area contributed by atoms with E-state index in [4.69, 9.17) is 0 Å². The first kappa shape index (κ1) is 9.47. The maximum Gasteiger partial charge on any atom is 0.0173 e. The molecule has 13 heavy (non-hydrogen) atoms. The van der Waals surface area contributed by atoms with Crippen molar-refractivity contribution in [1.82, 2.24) is 10.6 Å². The van der Waals surface area contributed by atoms with Gasteiger partial charge >= 0.3 is 0 Å². The Kier molecular flexibility index (Phi) is 2.16. The second-order valence-electron chi connectivity index (χ2n) is 5.49. The first-order valence-corrected chi connectivity index (χ1v) is 5.52. The summed E-state index contributed by atoms with van der Waals surface area (Å²) in [5, 5.41) is 7.27. The van der Waals surface area contributed by atoms with E-state index in [9.17, 15) is 0 Å². The van der Waals surface area contributed by atoms with Gasteiger partial charge in [0.05, 0.1) is 0 Å². The highest BCUT2D eigenvalue weighted by atomic mass is 15.1. The normalized spacial score (nSPS) is 50.5. The molecule has 0 spiro atoms. The van der Waals surface area contributed by atoms with Crippen molar-refractivity contribution in [2.75, 3.05) is 7.05 Å². The molecule has 76 valence electrons. The predicted molar refractivity (Wildman–Crippen MR) is 55.9 cm³/mol. The van der Waals surface area contributed by atoms with Gasteiger partial charge in [0.2, 0.25) is 0 Å². The van der Waals surface area contributed by atoms with Gasteiger partial charge in [0, 0.05) is 17.1 Å². The fourth-order valence-corrected chi connectivity index (χ4v) is 3.39. The van der Waals surface area contributed by atoms with E-state index in [-0.39, 0.29) is 0 Å². The molecule has 2 heteroatoms. The van der Waals surface area contributed by atoms with Gasteiger partial charge in [0.25, 0.3) is 0 Å². The van der Waals surface area contributed by atoms with Crippen LogP contribution in [0.2, 0.25) is 0 Å². The van der Waals surface area contributed by atoms with Crippen LogP contribution in [-0.2, 0) is 0 Å². The maximum atomic E-state index is 3.83. The van der Waals surface area contributed by atoms with Crippen LogP contribution in [0, 0.1) is 0 Å². The summed E-state index contributed by atoms with van der Waals surface area (Å²) in [5.74, 6) is 0. The van der Waals surface area contributed by atoms with Crippen molar-refractivity contribution in [3.63, 3.8) is 0 Å². The lowest BCUT2D eigenvalue weighted by atomic mass is 9.69. The Bertz CT molecular complexity index is 186. The number of piperidine rings is 2. The summed E-state index contributed by atoms with van der Waals surface area (Å²) in [7, 11) is 2.10. The second-order valence-corrected chi connectivity index (χ2v) is 5.49. The zero-order valence-corrected chi connectivity index (χ0v) is 9.11. The van der Waals surface area contributed by atoms with Crippen molar-refractivity contribution in [2.24, 2.45) is 0 Å². The summed E-state index contributed by atoms with van der Waals surface area (Å²) in [6.45, 7) is 4.77. The van der Waals surface area contributed by atoms with Gasteiger partial charge in [-0.1, -0.05) is 0 Å². The van der Waals surface area contributed by atoms with Crippen LogP contribution < -0.4 is 10.6 Å². The van der Waals surface area contributed by atoms with Crippen molar-refractivity contribution in [2.45, 2.75) is 63.1 Å². The molecule has 0 aliphatic carbocycles. The molecule has 2 nitrogen and oxygen atoms in total. The molecule has 0 amide bonds. The number of hydrogen-bond acceptors (Lipinski definition) is 2. The highest BCUT2D eigenvalue weighted by molar-refractivity contribution is 5.06. The van der Waals surface area contributed by atoms with Crippen molar-refractivity contribution in [3.05, 3.63) is 0 Å². The van der Waals surface area contributed by atoms with Gasteiger partial charge in [-0.05, 0) is 53.0 Å². The number of hydrogen-bond donors (Lipinski definition) is 2. The molecule has 2 aliphatic heterocycles. The fraction of sp³-hybridized carbons (Fsp3) is 1.00. The molecule has 0 aromatic rings. The zero-order valence-electron chi connectivity index (χ0n) is 9.11. The van der Waals surface area contributed by atoms with E-state index in [1.165, 1.54) is 32.1 Å². The molecule has 2 saturated heterocycles. The molecule has 3 atom stereocenters. The molecule has 2 bridgehead atoms. The van der Waals surface area contributed by atoms with Gasteiger partial charge in [0.1, 0.15) is 0 Å². The van der Waals surface area contributed by atoms with Crippen LogP contribution in [0.1, 0.15) is 46.0 Å². The highest BCUT2D eigenvalue weighted by Crippen LogP contribution is 2.39. The highest BCUT2D eigenvalue weighted by Gasteiger charge is 2.44. The van der Waals surface area contributed by atoms with Crippen molar-refractivity contribution in [1.29, 1.82) is 0 Å². The van der Waals surface area contributed by atoms with E-state index in [0.717, 1.165) is 6.04 Å². The Hall–Kier alpha value is -0.0800. The minimum absolute atomic E-state index is 0.402. The van der Waals surface area contributed by atoms with E-state index < -0.39 is 0 Å². The Balaban J connectivity index is 2.15. The Morgan fingerprint density at radius 1 is 1.15 bits per heavy atom. The smallest absolute Gasteiger partial charge is 0.0173 e. The van der Waals surface area contributed by atoms with Crippen LogP contribution in [0.3, 0.4) is 0 Å². The lowest BCUT2D eigenvalue weighted by Crippen LogP contribution is -2.66. The Labute approximate surface area is 81.5 Å². The number of fused-ring (bicyclic) bond motifs is 2. The lowest BCUT2D eigenvalue weighted by molar-refractivity contribution is 0.0716. The van der Waals surface area contributed by atoms with Crippen molar-refractivity contribution in [3.8, 4) is 0 Å². The van der Waals surface area contributed by atoms with Crippen LogP contribution >= 0.6 is 0 Å². The van der Waals surface area contributed by atoms with Gasteiger partial charge in [-0.25, -0.2) is 0 Å². The second kappa shape index (κ2) is 2.96. The number of nitrogens with one attached hydrogen (secondary N) is 2. The van der Waals surface area contributed by atoms with Gasteiger partial charge in [-0.2, -0.15) is 0 Å². The van der Waals surface area contributed by atoms with Crippen LogP contribution in [0.15, 0.2) is 0 Å². The molecule has 0 radical (unpaired) electrons. The molecule has 2 N–H and O–H groups in total. The van der Waals surface area contributed by atoms with E-state index >= 15 is 0 Å². The van der Waals surface area contributed by atoms with E-state index in [1.54, 1.807) is 0 Å². The molecule has 2 heterocycles. The summed E-state index contributed by atoms with van der Waals surface area (Å²) in [5.41, 5.74) is 0.803. The van der Waals surface area contributed by atoms with Gasteiger partial charge in [-0.3, -0.25) is 0 Å². The average molecular weight is 182 g/mol. The quantitative estimate of drug-likeness (QED) is 0.644. The van der Waals surface area contributed by atoms with Crippen LogP contribution in [0.25, 0.3) is 0 Å². The minimum atomic E-state index is 0.402. The lowest BCUT2D eigenvalue weighted by Gasteiger charge is -2.53. The summed E-state index contributed by atoms with van der Waals surface area (Å²) in [4.78, 5) is 0. The standard InChI is InChI=1S/C11H22N2/c1-10-5-4-6-11(2,13-10)8-9(7-10)12-3/h9,12-13H,4-8H2,1-3H3/t9-,10-,11+.